The van der Waals surface area contributed by atoms with Crippen LogP contribution in [0, 0.1) is 5.92 Å². The maximum Gasteiger partial charge on any atom is 0.123 e. The van der Waals surface area contributed by atoms with E-state index in [9.17, 15) is 0 Å². The minimum atomic E-state index is -0.320. The second-order valence-corrected chi connectivity index (χ2v) is 6.37. The maximum atomic E-state index is 6.16. The standard InChI is InChI=1S/C16H25ClN2O2/c1-11-6-8-16(21-3,9-7-11)15(19-18)13-10-12(17)4-5-14(13)20-2/h4-5,10-11,15,19H,6-9,18H2,1-3H3. The van der Waals surface area contributed by atoms with E-state index in [0.29, 0.717) is 5.02 Å². The average Bonchev–Trinajstić information content (AvgIpc) is 2.50. The Bertz CT molecular complexity index is 473. The maximum absolute atomic E-state index is 6.16. The van der Waals surface area contributed by atoms with E-state index in [1.54, 1.807) is 14.2 Å². The van der Waals surface area contributed by atoms with E-state index in [-0.39, 0.29) is 11.6 Å². The Labute approximate surface area is 131 Å². The van der Waals surface area contributed by atoms with E-state index in [1.807, 2.05) is 18.2 Å². The van der Waals surface area contributed by atoms with Crippen LogP contribution < -0.4 is 16.0 Å². The number of benzene rings is 1. The Kier molecular flexibility index (Phi) is 5.49. The third kappa shape index (κ3) is 3.34. The molecule has 1 aliphatic carbocycles. The number of ether oxygens (including phenoxy) is 2. The van der Waals surface area contributed by atoms with Crippen LogP contribution in [-0.2, 0) is 4.74 Å². The van der Waals surface area contributed by atoms with Gasteiger partial charge in [-0.2, -0.15) is 0 Å². The van der Waals surface area contributed by atoms with Gasteiger partial charge >= 0.3 is 0 Å². The molecule has 0 saturated heterocycles. The van der Waals surface area contributed by atoms with Crippen molar-refractivity contribution in [1.29, 1.82) is 0 Å². The SMILES string of the molecule is COc1ccc(Cl)cc1C(NN)C1(OC)CCC(C)CC1. The van der Waals surface area contributed by atoms with Crippen molar-refractivity contribution < 1.29 is 9.47 Å². The molecule has 1 aromatic rings. The topological polar surface area (TPSA) is 56.5 Å². The smallest absolute Gasteiger partial charge is 0.123 e. The van der Waals surface area contributed by atoms with Gasteiger partial charge in [0.1, 0.15) is 5.75 Å². The number of hydrazine groups is 1. The Morgan fingerprint density at radius 3 is 2.52 bits per heavy atom. The molecule has 0 bridgehead atoms. The van der Waals surface area contributed by atoms with Crippen LogP contribution in [0.4, 0.5) is 0 Å². The van der Waals surface area contributed by atoms with E-state index in [4.69, 9.17) is 26.9 Å². The van der Waals surface area contributed by atoms with Gasteiger partial charge in [-0.3, -0.25) is 5.84 Å². The summed E-state index contributed by atoms with van der Waals surface area (Å²) in [5.74, 6) is 7.38. The summed E-state index contributed by atoms with van der Waals surface area (Å²) in [6, 6.07) is 5.45. The summed E-state index contributed by atoms with van der Waals surface area (Å²) in [5.41, 5.74) is 3.56. The van der Waals surface area contributed by atoms with E-state index in [1.165, 1.54) is 0 Å². The van der Waals surface area contributed by atoms with Gasteiger partial charge in [0.15, 0.2) is 0 Å². The lowest BCUT2D eigenvalue weighted by Gasteiger charge is -2.44. The quantitative estimate of drug-likeness (QED) is 0.646. The van der Waals surface area contributed by atoms with Crippen LogP contribution in [0.25, 0.3) is 0 Å². The molecule has 0 radical (unpaired) electrons. The summed E-state index contributed by atoms with van der Waals surface area (Å²) >= 11 is 6.16. The molecule has 3 N–H and O–H groups in total. The monoisotopic (exact) mass is 312 g/mol. The number of hydrogen-bond donors (Lipinski definition) is 2. The zero-order chi connectivity index (χ0) is 15.5. The molecule has 1 atom stereocenters. The van der Waals surface area contributed by atoms with Crippen molar-refractivity contribution in [2.24, 2.45) is 11.8 Å². The number of rotatable bonds is 5. The Morgan fingerprint density at radius 1 is 1.33 bits per heavy atom. The number of nitrogens with two attached hydrogens (primary N) is 1. The van der Waals surface area contributed by atoms with E-state index in [0.717, 1.165) is 42.9 Å². The molecule has 2 rings (SSSR count). The molecule has 1 aromatic carbocycles. The lowest BCUT2D eigenvalue weighted by molar-refractivity contribution is -0.0765. The van der Waals surface area contributed by atoms with Crippen molar-refractivity contribution >= 4 is 11.6 Å². The van der Waals surface area contributed by atoms with Crippen molar-refractivity contribution in [3.8, 4) is 5.75 Å². The van der Waals surface area contributed by atoms with Crippen LogP contribution in [0.15, 0.2) is 18.2 Å². The molecule has 118 valence electrons. The fraction of sp³-hybridized carbons (Fsp3) is 0.625. The van der Waals surface area contributed by atoms with Crippen molar-refractivity contribution in [2.45, 2.75) is 44.2 Å². The molecule has 21 heavy (non-hydrogen) atoms. The van der Waals surface area contributed by atoms with Crippen LogP contribution in [0.1, 0.15) is 44.2 Å². The molecule has 4 nitrogen and oxygen atoms in total. The van der Waals surface area contributed by atoms with E-state index in [2.05, 4.69) is 12.3 Å². The molecular weight excluding hydrogens is 288 g/mol. The van der Waals surface area contributed by atoms with Gasteiger partial charge in [0.2, 0.25) is 0 Å². The third-order valence-electron chi connectivity index (χ3n) is 4.72. The molecule has 1 unspecified atom stereocenters. The van der Waals surface area contributed by atoms with Gasteiger partial charge in [0.25, 0.3) is 0 Å². The normalized spacial score (nSPS) is 27.4. The summed E-state index contributed by atoms with van der Waals surface area (Å²) in [5, 5.41) is 0.668. The van der Waals surface area contributed by atoms with Gasteiger partial charge in [-0.05, 0) is 49.8 Å². The summed E-state index contributed by atoms with van der Waals surface area (Å²) in [4.78, 5) is 0. The molecule has 5 heteroatoms. The van der Waals surface area contributed by atoms with Gasteiger partial charge < -0.3 is 9.47 Å². The number of nitrogens with one attached hydrogen (secondary N) is 1. The van der Waals surface area contributed by atoms with Crippen molar-refractivity contribution in [3.63, 3.8) is 0 Å². The second kappa shape index (κ2) is 6.97. The van der Waals surface area contributed by atoms with Gasteiger partial charge in [-0.25, -0.2) is 5.43 Å². The fourth-order valence-electron chi connectivity index (χ4n) is 3.32. The molecule has 0 aliphatic heterocycles. The molecular formula is C16H25ClN2O2. The number of halogens is 1. The van der Waals surface area contributed by atoms with Crippen molar-refractivity contribution in [1.82, 2.24) is 5.43 Å². The first-order chi connectivity index (χ1) is 10.1. The highest BCUT2D eigenvalue weighted by atomic mass is 35.5. The van der Waals surface area contributed by atoms with Gasteiger partial charge in [0, 0.05) is 17.7 Å². The van der Waals surface area contributed by atoms with Crippen LogP contribution in [0.2, 0.25) is 5.02 Å². The Morgan fingerprint density at radius 2 is 2.00 bits per heavy atom. The van der Waals surface area contributed by atoms with Gasteiger partial charge in [-0.1, -0.05) is 18.5 Å². The van der Waals surface area contributed by atoms with E-state index < -0.39 is 0 Å². The lowest BCUT2D eigenvalue weighted by atomic mass is 9.73. The minimum Gasteiger partial charge on any atom is -0.496 e. The summed E-state index contributed by atoms with van der Waals surface area (Å²) in [6.45, 7) is 2.28. The van der Waals surface area contributed by atoms with Crippen molar-refractivity contribution in [2.75, 3.05) is 14.2 Å². The highest BCUT2D eigenvalue weighted by Crippen LogP contribution is 2.45. The molecule has 1 saturated carbocycles. The molecule has 0 spiro atoms. The van der Waals surface area contributed by atoms with Crippen LogP contribution in [0.3, 0.4) is 0 Å². The van der Waals surface area contributed by atoms with Gasteiger partial charge in [0.05, 0.1) is 18.8 Å². The number of hydrogen-bond acceptors (Lipinski definition) is 4. The average molecular weight is 313 g/mol. The predicted octanol–water partition coefficient (Wildman–Crippen LogP) is 3.45. The molecule has 1 aliphatic rings. The zero-order valence-corrected chi connectivity index (χ0v) is 13.7. The highest BCUT2D eigenvalue weighted by molar-refractivity contribution is 6.30. The van der Waals surface area contributed by atoms with Crippen molar-refractivity contribution in [3.05, 3.63) is 28.8 Å². The van der Waals surface area contributed by atoms with Crippen LogP contribution in [-0.4, -0.2) is 19.8 Å². The summed E-state index contributed by atoms with van der Waals surface area (Å²) < 4.78 is 11.4. The Hall–Kier alpha value is -0.810. The Balaban J connectivity index is 2.40. The molecule has 0 aromatic heterocycles. The van der Waals surface area contributed by atoms with Crippen LogP contribution >= 0.6 is 11.6 Å². The number of methoxy groups -OCH3 is 2. The van der Waals surface area contributed by atoms with Gasteiger partial charge in [-0.15, -0.1) is 0 Å². The first kappa shape index (κ1) is 16.6. The summed E-state index contributed by atoms with van der Waals surface area (Å²) in [6.07, 6.45) is 4.20. The zero-order valence-electron chi connectivity index (χ0n) is 13.0. The molecule has 1 fully saturated rings. The molecule has 0 amide bonds. The minimum absolute atomic E-state index is 0.149. The van der Waals surface area contributed by atoms with E-state index >= 15 is 0 Å². The second-order valence-electron chi connectivity index (χ2n) is 5.94. The first-order valence-corrected chi connectivity index (χ1v) is 7.79. The predicted molar refractivity (Wildman–Crippen MR) is 85.4 cm³/mol. The summed E-state index contributed by atoms with van der Waals surface area (Å²) in [7, 11) is 3.42. The molecule has 0 heterocycles. The lowest BCUT2D eigenvalue weighted by Crippen LogP contribution is -2.50. The highest BCUT2D eigenvalue weighted by Gasteiger charge is 2.43. The fourth-order valence-corrected chi connectivity index (χ4v) is 3.50. The first-order valence-electron chi connectivity index (χ1n) is 7.41. The third-order valence-corrected chi connectivity index (χ3v) is 4.96. The van der Waals surface area contributed by atoms with Crippen LogP contribution in [0.5, 0.6) is 5.75 Å². The largest absolute Gasteiger partial charge is 0.496 e.